The van der Waals surface area contributed by atoms with Gasteiger partial charge in [0.05, 0.1) is 10.7 Å². The van der Waals surface area contributed by atoms with Gasteiger partial charge in [0, 0.05) is 48.9 Å². The molecule has 1 heterocycles. The largest absolute Gasteiger partial charge is 0.367 e. The molecule has 2 aromatic rings. The lowest BCUT2D eigenvalue weighted by Crippen LogP contribution is -2.48. The highest BCUT2D eigenvalue weighted by molar-refractivity contribution is 7.80. The summed E-state index contributed by atoms with van der Waals surface area (Å²) in [5.74, 6) is -0.171. The van der Waals surface area contributed by atoms with E-state index in [-0.39, 0.29) is 16.9 Å². The van der Waals surface area contributed by atoms with Crippen LogP contribution in [0.1, 0.15) is 29.3 Å². The number of hydrogen-bond donors (Lipinski definition) is 2. The fraction of sp³-hybridized carbons (Fsp3) is 0.318. The van der Waals surface area contributed by atoms with E-state index in [1.54, 1.807) is 24.3 Å². The van der Waals surface area contributed by atoms with Crippen molar-refractivity contribution >= 4 is 63.7 Å². The third-order valence-corrected chi connectivity index (χ3v) is 6.06. The van der Waals surface area contributed by atoms with Crippen LogP contribution in [0.15, 0.2) is 36.4 Å². The number of nitrogens with one attached hydrogen (secondary N) is 2. The van der Waals surface area contributed by atoms with Crippen molar-refractivity contribution in [1.82, 2.24) is 10.2 Å². The van der Waals surface area contributed by atoms with Crippen molar-refractivity contribution in [1.29, 1.82) is 0 Å². The van der Waals surface area contributed by atoms with E-state index in [2.05, 4.69) is 15.5 Å². The van der Waals surface area contributed by atoms with Crippen molar-refractivity contribution < 1.29 is 9.59 Å². The molecule has 2 amide bonds. The van der Waals surface area contributed by atoms with Crippen molar-refractivity contribution in [3.63, 3.8) is 0 Å². The number of halogens is 2. The van der Waals surface area contributed by atoms with Crippen molar-refractivity contribution in [3.05, 3.63) is 57.6 Å². The van der Waals surface area contributed by atoms with Crippen LogP contribution in [-0.2, 0) is 4.79 Å². The maximum atomic E-state index is 12.4. The number of piperazine rings is 1. The van der Waals surface area contributed by atoms with Crippen LogP contribution in [0.4, 0.5) is 11.4 Å². The van der Waals surface area contributed by atoms with E-state index in [9.17, 15) is 9.59 Å². The molecular weight excluding hydrogens is 455 g/mol. The van der Waals surface area contributed by atoms with Crippen LogP contribution in [0, 0.1) is 6.92 Å². The summed E-state index contributed by atoms with van der Waals surface area (Å²) in [4.78, 5) is 28.3. The summed E-state index contributed by atoms with van der Waals surface area (Å²) < 4.78 is 0. The Balaban J connectivity index is 1.58. The number of nitrogens with zero attached hydrogens (tertiary/aromatic N) is 2. The molecule has 1 aliphatic heterocycles. The van der Waals surface area contributed by atoms with Crippen LogP contribution in [0.3, 0.4) is 0 Å². The molecule has 0 aliphatic carbocycles. The van der Waals surface area contributed by atoms with E-state index >= 15 is 0 Å². The smallest absolute Gasteiger partial charge is 0.257 e. The molecular formula is C22H24Cl2N4O2S. The minimum Gasteiger partial charge on any atom is -0.367 e. The molecule has 164 valence electrons. The molecule has 0 radical (unpaired) electrons. The molecule has 0 saturated carbocycles. The number of thiocarbonyl (C=S) groups is 1. The van der Waals surface area contributed by atoms with Crippen LogP contribution in [0.2, 0.25) is 10.0 Å². The number of amides is 2. The van der Waals surface area contributed by atoms with Gasteiger partial charge in [-0.1, -0.05) is 36.2 Å². The van der Waals surface area contributed by atoms with Gasteiger partial charge in [0.2, 0.25) is 5.91 Å². The third-order valence-electron chi connectivity index (χ3n) is 5.14. The van der Waals surface area contributed by atoms with E-state index in [4.69, 9.17) is 35.4 Å². The molecule has 0 aromatic heterocycles. The lowest BCUT2D eigenvalue weighted by Gasteiger charge is -2.36. The SMILES string of the molecule is CCC(=O)N1CCN(c2ccc(NC(=S)NC(=O)c3ccc(C)c(Cl)c3)cc2Cl)CC1. The summed E-state index contributed by atoms with van der Waals surface area (Å²) in [6, 6.07) is 10.6. The van der Waals surface area contributed by atoms with Gasteiger partial charge in [-0.15, -0.1) is 0 Å². The highest BCUT2D eigenvalue weighted by atomic mass is 35.5. The average molecular weight is 479 g/mol. The van der Waals surface area contributed by atoms with Crippen LogP contribution in [0.5, 0.6) is 0 Å². The topological polar surface area (TPSA) is 64.7 Å². The number of hydrogen-bond acceptors (Lipinski definition) is 4. The standard InChI is InChI=1S/C22H24Cl2N4O2S/c1-3-20(29)28-10-8-27(9-11-28)19-7-6-16(13-18(19)24)25-22(31)26-21(30)15-5-4-14(2)17(23)12-15/h4-7,12-13H,3,8-11H2,1-2H3,(H2,25,26,30,31). The number of anilines is 2. The molecule has 0 bridgehead atoms. The van der Waals surface area contributed by atoms with Crippen LogP contribution >= 0.6 is 35.4 Å². The number of benzene rings is 2. The van der Waals surface area contributed by atoms with Gasteiger partial charge in [-0.25, -0.2) is 0 Å². The molecule has 31 heavy (non-hydrogen) atoms. The Morgan fingerprint density at radius 3 is 2.35 bits per heavy atom. The highest BCUT2D eigenvalue weighted by Crippen LogP contribution is 2.29. The molecule has 1 saturated heterocycles. The third kappa shape index (κ3) is 5.87. The Morgan fingerprint density at radius 2 is 1.74 bits per heavy atom. The number of rotatable bonds is 4. The van der Waals surface area contributed by atoms with E-state index in [1.165, 1.54) is 0 Å². The van der Waals surface area contributed by atoms with Gasteiger partial charge < -0.3 is 15.1 Å². The molecule has 3 rings (SSSR count). The first-order valence-electron chi connectivity index (χ1n) is 9.99. The zero-order chi connectivity index (χ0) is 22.5. The summed E-state index contributed by atoms with van der Waals surface area (Å²) in [5, 5.41) is 6.88. The minimum absolute atomic E-state index is 0.164. The van der Waals surface area contributed by atoms with Crippen LogP contribution in [-0.4, -0.2) is 48.0 Å². The van der Waals surface area contributed by atoms with E-state index in [1.807, 2.05) is 30.9 Å². The van der Waals surface area contributed by atoms with Gasteiger partial charge in [-0.05, 0) is 55.0 Å². The Morgan fingerprint density at radius 1 is 1.03 bits per heavy atom. The Labute approximate surface area is 197 Å². The summed E-state index contributed by atoms with van der Waals surface area (Å²) in [7, 11) is 0. The molecule has 1 aliphatic rings. The molecule has 0 unspecified atom stereocenters. The summed E-state index contributed by atoms with van der Waals surface area (Å²) in [5.41, 5.74) is 2.89. The molecule has 0 spiro atoms. The summed E-state index contributed by atoms with van der Waals surface area (Å²) in [6.45, 7) is 6.57. The zero-order valence-corrected chi connectivity index (χ0v) is 19.7. The first kappa shape index (κ1) is 23.3. The van der Waals surface area contributed by atoms with Crippen molar-refractivity contribution in [3.8, 4) is 0 Å². The second-order valence-corrected chi connectivity index (χ2v) is 8.48. The van der Waals surface area contributed by atoms with E-state index in [0.29, 0.717) is 40.8 Å². The fourth-order valence-corrected chi connectivity index (χ4v) is 4.02. The van der Waals surface area contributed by atoms with E-state index < -0.39 is 0 Å². The van der Waals surface area contributed by atoms with Crippen molar-refractivity contribution in [2.24, 2.45) is 0 Å². The highest BCUT2D eigenvalue weighted by Gasteiger charge is 2.21. The quantitative estimate of drug-likeness (QED) is 0.633. The first-order valence-corrected chi connectivity index (χ1v) is 11.2. The van der Waals surface area contributed by atoms with Crippen molar-refractivity contribution in [2.75, 3.05) is 36.4 Å². The minimum atomic E-state index is -0.346. The van der Waals surface area contributed by atoms with Gasteiger partial charge in [0.25, 0.3) is 5.91 Å². The Bertz CT molecular complexity index is 1010. The molecule has 6 nitrogen and oxygen atoms in total. The Hall–Kier alpha value is -2.35. The molecule has 1 fully saturated rings. The number of carbonyl (C=O) groups excluding carboxylic acids is 2. The lowest BCUT2D eigenvalue weighted by molar-refractivity contribution is -0.131. The van der Waals surface area contributed by atoms with Crippen molar-refractivity contribution in [2.45, 2.75) is 20.3 Å². The first-order chi connectivity index (χ1) is 14.8. The molecule has 9 heteroatoms. The number of aryl methyl sites for hydroxylation is 1. The Kier molecular flexibility index (Phi) is 7.75. The molecule has 0 atom stereocenters. The summed E-state index contributed by atoms with van der Waals surface area (Å²) in [6.07, 6.45) is 0.522. The maximum Gasteiger partial charge on any atom is 0.257 e. The normalized spacial score (nSPS) is 13.7. The van der Waals surface area contributed by atoms with Gasteiger partial charge in [-0.3, -0.25) is 14.9 Å². The van der Waals surface area contributed by atoms with Gasteiger partial charge >= 0.3 is 0 Å². The second kappa shape index (κ2) is 10.3. The van der Waals surface area contributed by atoms with Gasteiger partial charge in [-0.2, -0.15) is 0 Å². The van der Waals surface area contributed by atoms with Crippen LogP contribution < -0.4 is 15.5 Å². The van der Waals surface area contributed by atoms with Gasteiger partial charge in [0.1, 0.15) is 0 Å². The maximum absolute atomic E-state index is 12.4. The lowest BCUT2D eigenvalue weighted by atomic mass is 10.1. The summed E-state index contributed by atoms with van der Waals surface area (Å²) >= 11 is 17.8. The fourth-order valence-electron chi connectivity index (χ4n) is 3.33. The molecule has 2 aromatic carbocycles. The second-order valence-electron chi connectivity index (χ2n) is 7.26. The zero-order valence-electron chi connectivity index (χ0n) is 17.4. The predicted octanol–water partition coefficient (Wildman–Crippen LogP) is 4.49. The van der Waals surface area contributed by atoms with E-state index in [0.717, 1.165) is 24.3 Å². The van der Waals surface area contributed by atoms with Gasteiger partial charge in [0.15, 0.2) is 5.11 Å². The predicted molar refractivity (Wildman–Crippen MR) is 130 cm³/mol. The molecule has 2 N–H and O–H groups in total. The number of carbonyl (C=O) groups is 2. The monoisotopic (exact) mass is 478 g/mol. The average Bonchev–Trinajstić information content (AvgIpc) is 2.75. The van der Waals surface area contributed by atoms with Crippen LogP contribution in [0.25, 0.3) is 0 Å².